The van der Waals surface area contributed by atoms with Gasteiger partial charge in [0.15, 0.2) is 0 Å². The Labute approximate surface area is 241 Å². The first-order chi connectivity index (χ1) is 19.8. The van der Waals surface area contributed by atoms with Crippen molar-refractivity contribution in [1.82, 2.24) is 9.71 Å². The maximum atomic E-state index is 14.8. The molecule has 2 aliphatic carbocycles. The van der Waals surface area contributed by atoms with Crippen molar-refractivity contribution in [2.24, 2.45) is 5.41 Å². The molecule has 236 valence electrons. The molecule has 1 amide bonds. The first kappa shape index (κ1) is 32.3. The zero-order valence-electron chi connectivity index (χ0n) is 22.4. The highest BCUT2D eigenvalue weighted by atomic mass is 32.2. The van der Waals surface area contributed by atoms with Crippen LogP contribution in [0.5, 0.6) is 5.75 Å². The molecule has 5 rings (SSSR count). The summed E-state index contributed by atoms with van der Waals surface area (Å²) in [7, 11) is -3.81. The van der Waals surface area contributed by atoms with Crippen LogP contribution in [-0.2, 0) is 21.0 Å². The van der Waals surface area contributed by atoms with E-state index in [1.54, 1.807) is 0 Å². The smallest absolute Gasteiger partial charge is 0.490 e. The van der Waals surface area contributed by atoms with Crippen molar-refractivity contribution in [2.75, 3.05) is 24.6 Å². The number of carbonyl (C=O) groups excluding carboxylic acids is 1. The van der Waals surface area contributed by atoms with E-state index in [2.05, 4.69) is 4.98 Å². The van der Waals surface area contributed by atoms with Crippen LogP contribution >= 0.6 is 0 Å². The van der Waals surface area contributed by atoms with Gasteiger partial charge in [-0.05, 0) is 55.4 Å². The van der Waals surface area contributed by atoms with Crippen molar-refractivity contribution >= 4 is 27.7 Å². The number of carbonyl (C=O) groups is 2. The van der Waals surface area contributed by atoms with E-state index in [0.29, 0.717) is 43.1 Å². The van der Waals surface area contributed by atoms with Gasteiger partial charge in [-0.1, -0.05) is 6.92 Å². The summed E-state index contributed by atoms with van der Waals surface area (Å²) >= 11 is 0. The lowest BCUT2D eigenvalue weighted by Crippen LogP contribution is -2.58. The number of nitrogens with one attached hydrogen (secondary N) is 1. The number of hydrogen-bond donors (Lipinski definition) is 2. The number of nitrogens with zero attached hydrogens (tertiary/aromatic N) is 2. The third kappa shape index (κ3) is 8.06. The fourth-order valence-corrected chi connectivity index (χ4v) is 5.64. The third-order valence-electron chi connectivity index (χ3n) is 6.92. The molecule has 0 unspecified atom stereocenters. The summed E-state index contributed by atoms with van der Waals surface area (Å²) in [6.07, 6.45) is -6.05. The van der Waals surface area contributed by atoms with E-state index in [-0.39, 0.29) is 23.5 Å². The Morgan fingerprint density at radius 1 is 1.09 bits per heavy atom. The van der Waals surface area contributed by atoms with Crippen LogP contribution in [0.1, 0.15) is 60.0 Å². The topological polar surface area (TPSA) is 126 Å². The molecule has 0 radical (unpaired) electrons. The van der Waals surface area contributed by atoms with Gasteiger partial charge in [0.2, 0.25) is 10.0 Å². The number of benzene rings is 1. The van der Waals surface area contributed by atoms with Crippen LogP contribution in [0, 0.1) is 11.2 Å². The van der Waals surface area contributed by atoms with Gasteiger partial charge in [0.05, 0.1) is 23.0 Å². The average molecular weight is 642 g/mol. The highest BCUT2D eigenvalue weighted by Gasteiger charge is 2.42. The van der Waals surface area contributed by atoms with Gasteiger partial charge in [0.1, 0.15) is 17.4 Å². The molecule has 2 aromatic rings. The molecule has 1 saturated heterocycles. The average Bonchev–Trinajstić information content (AvgIpc) is 3.78. The van der Waals surface area contributed by atoms with E-state index in [1.807, 2.05) is 16.5 Å². The molecule has 3 fully saturated rings. The number of pyridine rings is 1. The maximum Gasteiger partial charge on any atom is 0.490 e. The van der Waals surface area contributed by atoms with E-state index in [4.69, 9.17) is 14.6 Å². The lowest BCUT2D eigenvalue weighted by molar-refractivity contribution is -0.192. The van der Waals surface area contributed by atoms with Gasteiger partial charge >= 0.3 is 18.3 Å². The number of rotatable bonds is 8. The Morgan fingerprint density at radius 2 is 1.70 bits per heavy atom. The molecule has 3 aliphatic rings. The van der Waals surface area contributed by atoms with Crippen LogP contribution in [0.25, 0.3) is 0 Å². The molecule has 2 N–H and O–H groups in total. The van der Waals surface area contributed by atoms with Gasteiger partial charge in [-0.2, -0.15) is 26.3 Å². The van der Waals surface area contributed by atoms with Gasteiger partial charge in [0.25, 0.3) is 5.91 Å². The molecule has 1 aliphatic heterocycles. The van der Waals surface area contributed by atoms with Crippen molar-refractivity contribution in [3.8, 4) is 5.75 Å². The van der Waals surface area contributed by atoms with Crippen molar-refractivity contribution < 1.29 is 58.6 Å². The number of sulfonamides is 1. The van der Waals surface area contributed by atoms with E-state index in [0.717, 1.165) is 31.2 Å². The number of hydrogen-bond acceptors (Lipinski definition) is 7. The van der Waals surface area contributed by atoms with E-state index >= 15 is 0 Å². The van der Waals surface area contributed by atoms with Gasteiger partial charge < -0.3 is 14.7 Å². The lowest BCUT2D eigenvalue weighted by Gasteiger charge is -2.48. The molecule has 0 atom stereocenters. The lowest BCUT2D eigenvalue weighted by atomic mass is 9.83. The van der Waals surface area contributed by atoms with Crippen molar-refractivity contribution in [3.05, 3.63) is 53.0 Å². The largest absolute Gasteiger partial charge is 0.492 e. The molecular weight excluding hydrogens is 615 g/mol. The zero-order valence-corrected chi connectivity index (χ0v) is 23.2. The quantitative estimate of drug-likeness (QED) is 0.391. The standard InChI is InChI=1S/C24H25F4N3O4S.C2HF3O2/c1-23(11-31(12-23)21-7-4-15(10-29-21)24(26,27)28)13-35-20-9-19(25)18(8-17(20)14-2-3-14)22(32)30-36(33,34)16-5-6-16;3-2(4,5)1(6)7/h4,7-10,14,16H,2-3,5-6,11-13H2,1H3,(H,30,32);(H,6,7). The summed E-state index contributed by atoms with van der Waals surface area (Å²) < 4.78 is 117. The summed E-state index contributed by atoms with van der Waals surface area (Å²) in [5.74, 6) is -3.77. The van der Waals surface area contributed by atoms with E-state index in [9.17, 15) is 43.9 Å². The van der Waals surface area contributed by atoms with Crippen LogP contribution in [0.3, 0.4) is 0 Å². The fraction of sp³-hybridized carbons (Fsp3) is 0.500. The Hall–Kier alpha value is -3.63. The fourth-order valence-electron chi connectivity index (χ4n) is 4.35. The van der Waals surface area contributed by atoms with Crippen molar-refractivity contribution in [3.63, 3.8) is 0 Å². The van der Waals surface area contributed by atoms with E-state index in [1.165, 1.54) is 12.1 Å². The number of aromatic nitrogens is 1. The first-order valence-electron chi connectivity index (χ1n) is 12.9. The summed E-state index contributed by atoms with van der Waals surface area (Å²) in [5, 5.41) is 6.52. The second-order valence-corrected chi connectivity index (χ2v) is 12.9. The predicted octanol–water partition coefficient (Wildman–Crippen LogP) is 4.88. The molecular formula is C26H26F7N3O6S. The predicted molar refractivity (Wildman–Crippen MR) is 137 cm³/mol. The summed E-state index contributed by atoms with van der Waals surface area (Å²) in [4.78, 5) is 27.1. The molecule has 1 aromatic carbocycles. The molecule has 0 bridgehead atoms. The van der Waals surface area contributed by atoms with Gasteiger partial charge in [-0.15, -0.1) is 0 Å². The molecule has 2 heterocycles. The summed E-state index contributed by atoms with van der Waals surface area (Å²) in [6.45, 7) is 3.16. The minimum absolute atomic E-state index is 0.106. The Morgan fingerprint density at radius 3 is 2.16 bits per heavy atom. The minimum atomic E-state index is -5.08. The van der Waals surface area contributed by atoms with Crippen LogP contribution in [-0.4, -0.2) is 61.5 Å². The molecule has 0 spiro atoms. The first-order valence-corrected chi connectivity index (χ1v) is 14.4. The van der Waals surface area contributed by atoms with Crippen LogP contribution < -0.4 is 14.4 Å². The maximum absolute atomic E-state index is 14.8. The number of aliphatic carboxylic acids is 1. The van der Waals surface area contributed by atoms with Crippen LogP contribution in [0.2, 0.25) is 0 Å². The molecule has 43 heavy (non-hydrogen) atoms. The highest BCUT2D eigenvalue weighted by Crippen LogP contribution is 2.46. The highest BCUT2D eigenvalue weighted by molar-refractivity contribution is 7.91. The monoisotopic (exact) mass is 641 g/mol. The molecule has 17 heteroatoms. The Kier molecular flexibility index (Phi) is 8.61. The zero-order chi connectivity index (χ0) is 32.0. The number of anilines is 1. The van der Waals surface area contributed by atoms with Crippen molar-refractivity contribution in [2.45, 2.75) is 56.1 Å². The number of halogens is 7. The number of amides is 1. The number of carboxylic acid groups (broad SMARTS) is 1. The Balaban J connectivity index is 0.000000541. The van der Waals surface area contributed by atoms with Gasteiger partial charge in [-0.25, -0.2) is 27.3 Å². The molecule has 9 nitrogen and oxygen atoms in total. The number of carboxylic acids is 1. The Bertz CT molecular complexity index is 1480. The third-order valence-corrected chi connectivity index (χ3v) is 8.74. The summed E-state index contributed by atoms with van der Waals surface area (Å²) in [6, 6.07) is 4.83. The number of ether oxygens (including phenoxy) is 1. The van der Waals surface area contributed by atoms with Crippen LogP contribution in [0.4, 0.5) is 36.6 Å². The van der Waals surface area contributed by atoms with Gasteiger partial charge in [0, 0.05) is 30.8 Å². The molecule has 1 aromatic heterocycles. The van der Waals surface area contributed by atoms with Gasteiger partial charge in [-0.3, -0.25) is 4.79 Å². The summed E-state index contributed by atoms with van der Waals surface area (Å²) in [5.41, 5.74) is -0.817. The SMILES string of the molecule is CC1(COc2cc(F)c(C(=O)NS(=O)(=O)C3CC3)cc2C2CC2)CN(c2ccc(C(F)(F)F)cn2)C1.O=C(O)C(F)(F)F. The normalized spacial score (nSPS) is 18.2. The van der Waals surface area contributed by atoms with Crippen molar-refractivity contribution in [1.29, 1.82) is 0 Å². The van der Waals surface area contributed by atoms with Crippen LogP contribution in [0.15, 0.2) is 30.5 Å². The van der Waals surface area contributed by atoms with E-state index < -0.39 is 50.9 Å². The second-order valence-electron chi connectivity index (χ2n) is 11.0. The number of alkyl halides is 6. The minimum Gasteiger partial charge on any atom is -0.492 e. The molecule has 2 saturated carbocycles. The second kappa shape index (κ2) is 11.5.